The summed E-state index contributed by atoms with van der Waals surface area (Å²) in [5, 5.41) is 15.9. The van der Waals surface area contributed by atoms with Crippen LogP contribution in [0.2, 0.25) is 0 Å². The number of hydrogen-bond acceptors (Lipinski definition) is 4. The molecule has 1 atom stereocenters. The van der Waals surface area contributed by atoms with Gasteiger partial charge in [0.2, 0.25) is 0 Å². The first-order chi connectivity index (χ1) is 6.45. The van der Waals surface area contributed by atoms with E-state index in [1.165, 1.54) is 0 Å². The molecule has 0 saturated carbocycles. The number of thioether (sulfide) groups is 1. The number of hydrogen-bond donors (Lipinski definition) is 3. The summed E-state index contributed by atoms with van der Waals surface area (Å²) in [5.41, 5.74) is 5.19. The van der Waals surface area contributed by atoms with E-state index in [1.54, 1.807) is 11.8 Å². The molecule has 0 radical (unpaired) electrons. The Labute approximate surface area is 87.0 Å². The number of carbonyl (C=O) groups is 2. The Balaban J connectivity index is 0. The Morgan fingerprint density at radius 1 is 1.57 bits per heavy atom. The SMILES string of the molecule is C=CC(=O)O.CSCC[C@H](N)C(=O)O. The van der Waals surface area contributed by atoms with Crippen molar-refractivity contribution < 1.29 is 19.8 Å². The summed E-state index contributed by atoms with van der Waals surface area (Å²) in [6.07, 6.45) is 3.31. The van der Waals surface area contributed by atoms with E-state index >= 15 is 0 Å². The molecule has 14 heavy (non-hydrogen) atoms. The van der Waals surface area contributed by atoms with E-state index in [0.717, 1.165) is 11.8 Å². The summed E-state index contributed by atoms with van der Waals surface area (Å²) in [7, 11) is 0. The van der Waals surface area contributed by atoms with Gasteiger partial charge in [0, 0.05) is 6.08 Å². The minimum absolute atomic E-state index is 0.552. The maximum absolute atomic E-state index is 10.1. The van der Waals surface area contributed by atoms with E-state index in [9.17, 15) is 9.59 Å². The number of aliphatic carboxylic acids is 2. The van der Waals surface area contributed by atoms with Crippen molar-refractivity contribution >= 4 is 23.7 Å². The van der Waals surface area contributed by atoms with Gasteiger partial charge in [-0.25, -0.2) is 4.79 Å². The molecule has 0 heterocycles. The van der Waals surface area contributed by atoms with E-state index in [0.29, 0.717) is 6.42 Å². The minimum Gasteiger partial charge on any atom is -0.480 e. The Kier molecular flexibility index (Phi) is 11.1. The molecule has 0 unspecified atom stereocenters. The number of carboxylic acids is 2. The van der Waals surface area contributed by atoms with Crippen molar-refractivity contribution in [3.8, 4) is 0 Å². The van der Waals surface area contributed by atoms with Crippen molar-refractivity contribution in [3.05, 3.63) is 12.7 Å². The van der Waals surface area contributed by atoms with Crippen LogP contribution in [0.15, 0.2) is 12.7 Å². The monoisotopic (exact) mass is 221 g/mol. The van der Waals surface area contributed by atoms with Crippen molar-refractivity contribution in [1.82, 2.24) is 0 Å². The maximum Gasteiger partial charge on any atom is 0.327 e. The van der Waals surface area contributed by atoms with Crippen molar-refractivity contribution in [2.45, 2.75) is 12.5 Å². The van der Waals surface area contributed by atoms with Crippen LogP contribution in [-0.2, 0) is 9.59 Å². The van der Waals surface area contributed by atoms with E-state index in [-0.39, 0.29) is 0 Å². The van der Waals surface area contributed by atoms with Crippen molar-refractivity contribution in [2.24, 2.45) is 5.73 Å². The molecule has 0 fully saturated rings. The second-order valence-corrected chi connectivity index (χ2v) is 3.25. The number of nitrogens with two attached hydrogens (primary N) is 1. The maximum atomic E-state index is 10.1. The van der Waals surface area contributed by atoms with Gasteiger partial charge < -0.3 is 15.9 Å². The van der Waals surface area contributed by atoms with Crippen LogP contribution in [-0.4, -0.2) is 40.2 Å². The zero-order chi connectivity index (χ0) is 11.6. The lowest BCUT2D eigenvalue weighted by Gasteiger charge is -2.02. The largest absolute Gasteiger partial charge is 0.480 e. The van der Waals surface area contributed by atoms with E-state index in [2.05, 4.69) is 6.58 Å². The fraction of sp³-hybridized carbons (Fsp3) is 0.500. The summed E-state index contributed by atoms with van der Waals surface area (Å²) < 4.78 is 0. The van der Waals surface area contributed by atoms with Gasteiger partial charge in [-0.3, -0.25) is 4.79 Å². The molecular weight excluding hydrogens is 206 g/mol. The molecule has 0 rings (SSSR count). The lowest BCUT2D eigenvalue weighted by atomic mass is 10.2. The molecule has 6 heteroatoms. The van der Waals surface area contributed by atoms with Crippen LogP contribution in [0.4, 0.5) is 0 Å². The van der Waals surface area contributed by atoms with Gasteiger partial charge in [-0.2, -0.15) is 11.8 Å². The van der Waals surface area contributed by atoms with Gasteiger partial charge >= 0.3 is 11.9 Å². The predicted octanol–water partition coefficient (Wildman–Crippen LogP) is 0.408. The molecule has 0 aliphatic rings. The second-order valence-electron chi connectivity index (χ2n) is 2.27. The van der Waals surface area contributed by atoms with Crippen LogP contribution in [0.25, 0.3) is 0 Å². The highest BCUT2D eigenvalue weighted by atomic mass is 32.2. The summed E-state index contributed by atoms with van der Waals surface area (Å²) in [6, 6.07) is -0.683. The molecule has 0 aromatic heterocycles. The molecule has 82 valence electrons. The molecule has 0 aliphatic heterocycles. The van der Waals surface area contributed by atoms with Crippen molar-refractivity contribution in [1.29, 1.82) is 0 Å². The Bertz CT molecular complexity index is 196. The molecule has 0 saturated heterocycles. The average molecular weight is 221 g/mol. The zero-order valence-electron chi connectivity index (χ0n) is 7.97. The normalized spacial score (nSPS) is 10.7. The van der Waals surface area contributed by atoms with Crippen LogP contribution in [0.5, 0.6) is 0 Å². The minimum atomic E-state index is -0.981. The molecule has 4 N–H and O–H groups in total. The molecule has 0 spiro atoms. The molecule has 0 aromatic carbocycles. The predicted molar refractivity (Wildman–Crippen MR) is 56.4 cm³/mol. The second kappa shape index (κ2) is 10.1. The molecular formula is C8H15NO4S. The highest BCUT2D eigenvalue weighted by molar-refractivity contribution is 7.98. The number of carboxylic acid groups (broad SMARTS) is 2. The van der Waals surface area contributed by atoms with Crippen LogP contribution >= 0.6 is 11.8 Å². The summed E-state index contributed by atoms with van der Waals surface area (Å²) in [4.78, 5) is 19.3. The van der Waals surface area contributed by atoms with Crippen LogP contribution < -0.4 is 5.73 Å². The van der Waals surface area contributed by atoms with Gasteiger partial charge in [-0.1, -0.05) is 6.58 Å². The first kappa shape index (κ1) is 15.5. The van der Waals surface area contributed by atoms with Crippen molar-refractivity contribution in [2.75, 3.05) is 12.0 Å². The lowest BCUT2D eigenvalue weighted by Crippen LogP contribution is -2.30. The summed E-state index contributed by atoms with van der Waals surface area (Å²) >= 11 is 1.60. The fourth-order valence-corrected chi connectivity index (χ4v) is 0.858. The smallest absolute Gasteiger partial charge is 0.327 e. The van der Waals surface area contributed by atoms with Gasteiger partial charge in [0.25, 0.3) is 0 Å². The van der Waals surface area contributed by atoms with E-state index in [4.69, 9.17) is 15.9 Å². The van der Waals surface area contributed by atoms with E-state index < -0.39 is 18.0 Å². The zero-order valence-corrected chi connectivity index (χ0v) is 8.79. The van der Waals surface area contributed by atoms with Gasteiger partial charge in [0.1, 0.15) is 6.04 Å². The first-order valence-corrected chi connectivity index (χ1v) is 5.17. The fourth-order valence-electron chi connectivity index (χ4n) is 0.368. The lowest BCUT2D eigenvalue weighted by molar-refractivity contribution is -0.138. The third-order valence-electron chi connectivity index (χ3n) is 1.12. The molecule has 0 aromatic rings. The van der Waals surface area contributed by atoms with Gasteiger partial charge in [0.15, 0.2) is 0 Å². The third kappa shape index (κ3) is 13.6. The molecule has 0 bridgehead atoms. The standard InChI is InChI=1S/C5H11NO2S.C3H4O2/c1-9-3-2-4(6)5(7)8;1-2-3(4)5/h4H,2-3,6H2,1H3,(H,7,8);2H,1H2,(H,4,5)/t4-;/m0./s1. The quantitative estimate of drug-likeness (QED) is 0.581. The highest BCUT2D eigenvalue weighted by Crippen LogP contribution is 1.97. The highest BCUT2D eigenvalue weighted by Gasteiger charge is 2.08. The van der Waals surface area contributed by atoms with Gasteiger partial charge in [-0.15, -0.1) is 0 Å². The average Bonchev–Trinajstić information content (AvgIpc) is 2.14. The topological polar surface area (TPSA) is 101 Å². The molecule has 0 amide bonds. The summed E-state index contributed by atoms with van der Waals surface area (Å²) in [6.45, 7) is 2.96. The first-order valence-electron chi connectivity index (χ1n) is 3.78. The number of rotatable bonds is 5. The van der Waals surface area contributed by atoms with E-state index in [1.807, 2.05) is 6.26 Å². The summed E-state index contributed by atoms with van der Waals surface area (Å²) in [5.74, 6) is -1.08. The van der Waals surface area contributed by atoms with Gasteiger partial charge in [-0.05, 0) is 18.4 Å². The Morgan fingerprint density at radius 2 is 2.00 bits per heavy atom. The molecule has 0 aliphatic carbocycles. The van der Waals surface area contributed by atoms with Crippen LogP contribution in [0, 0.1) is 0 Å². The Hall–Kier alpha value is -1.01. The Morgan fingerprint density at radius 3 is 2.21 bits per heavy atom. The van der Waals surface area contributed by atoms with Crippen LogP contribution in [0.3, 0.4) is 0 Å². The molecule has 5 nitrogen and oxygen atoms in total. The van der Waals surface area contributed by atoms with Crippen LogP contribution in [0.1, 0.15) is 6.42 Å². The van der Waals surface area contributed by atoms with Crippen molar-refractivity contribution in [3.63, 3.8) is 0 Å². The third-order valence-corrected chi connectivity index (χ3v) is 1.77. The van der Waals surface area contributed by atoms with Gasteiger partial charge in [0.05, 0.1) is 0 Å².